The largest absolute Gasteiger partial charge is 0.321 e. The van der Waals surface area contributed by atoms with E-state index < -0.39 is 0 Å². The quantitative estimate of drug-likeness (QED) is 0.900. The zero-order valence-electron chi connectivity index (χ0n) is 11.1. The van der Waals surface area contributed by atoms with E-state index in [1.165, 1.54) is 30.9 Å². The van der Waals surface area contributed by atoms with Crippen LogP contribution >= 0.6 is 11.3 Å². The zero-order chi connectivity index (χ0) is 12.5. The molecule has 2 rings (SSSR count). The first kappa shape index (κ1) is 13.0. The summed E-state index contributed by atoms with van der Waals surface area (Å²) in [6.45, 7) is 9.77. The van der Waals surface area contributed by atoms with Gasteiger partial charge in [-0.1, -0.05) is 6.92 Å². The average molecular weight is 253 g/mol. The second kappa shape index (κ2) is 5.04. The number of hydrogen-bond donors (Lipinski definition) is 1. The number of likely N-dealkylation sites (tertiary alicyclic amines) is 1. The third-order valence-corrected chi connectivity index (χ3v) is 4.15. The van der Waals surface area contributed by atoms with Crippen LogP contribution in [0.3, 0.4) is 0 Å². The van der Waals surface area contributed by atoms with E-state index in [1.54, 1.807) is 11.3 Å². The predicted molar refractivity (Wildman–Crippen MR) is 73.0 cm³/mol. The number of hydrogen-bond acceptors (Lipinski definition) is 4. The lowest BCUT2D eigenvalue weighted by molar-refractivity contribution is 0.176. The fourth-order valence-corrected chi connectivity index (χ4v) is 3.31. The number of piperidine rings is 1. The summed E-state index contributed by atoms with van der Waals surface area (Å²) in [7, 11) is 0. The molecule has 1 unspecified atom stereocenters. The van der Waals surface area contributed by atoms with Gasteiger partial charge in [0, 0.05) is 11.9 Å². The Morgan fingerprint density at radius 3 is 2.94 bits per heavy atom. The van der Waals surface area contributed by atoms with Crippen molar-refractivity contribution in [2.75, 3.05) is 13.1 Å². The maximum atomic E-state index is 6.06. The molecule has 1 saturated heterocycles. The van der Waals surface area contributed by atoms with E-state index in [9.17, 15) is 0 Å². The van der Waals surface area contributed by atoms with Crippen molar-refractivity contribution < 1.29 is 0 Å². The molecule has 0 bridgehead atoms. The smallest absolute Gasteiger partial charge is 0.107 e. The number of nitrogens with two attached hydrogens (primary N) is 1. The van der Waals surface area contributed by atoms with Crippen LogP contribution in [0.4, 0.5) is 0 Å². The van der Waals surface area contributed by atoms with Crippen LogP contribution in [-0.4, -0.2) is 23.0 Å². The van der Waals surface area contributed by atoms with Crippen LogP contribution in [0.25, 0.3) is 0 Å². The summed E-state index contributed by atoms with van der Waals surface area (Å²) in [5, 5.41) is 3.30. The molecule has 1 aliphatic rings. The molecule has 1 aromatic heterocycles. The van der Waals surface area contributed by atoms with Crippen LogP contribution < -0.4 is 5.73 Å². The molecule has 1 aliphatic heterocycles. The zero-order valence-corrected chi connectivity index (χ0v) is 11.9. The maximum absolute atomic E-state index is 6.06. The van der Waals surface area contributed by atoms with Gasteiger partial charge in [0.25, 0.3) is 0 Å². The summed E-state index contributed by atoms with van der Waals surface area (Å²) in [4.78, 5) is 7.17. The molecule has 0 aliphatic carbocycles. The minimum atomic E-state index is -0.316. The summed E-state index contributed by atoms with van der Waals surface area (Å²) < 4.78 is 0. The van der Waals surface area contributed by atoms with Crippen LogP contribution in [0.1, 0.15) is 44.3 Å². The van der Waals surface area contributed by atoms with Gasteiger partial charge < -0.3 is 5.73 Å². The molecule has 2 N–H and O–H groups in total. The monoisotopic (exact) mass is 253 g/mol. The molecule has 4 heteroatoms. The fraction of sp³-hybridized carbons (Fsp3) is 0.769. The Labute approximate surface area is 108 Å². The standard InChI is InChI=1S/C13H23N3S/c1-10-5-4-6-16(7-10)8-12-15-11(9-17-12)13(2,3)14/h9-10H,4-8,14H2,1-3H3. The third-order valence-electron chi connectivity index (χ3n) is 3.31. The van der Waals surface area contributed by atoms with Gasteiger partial charge in [-0.05, 0) is 39.2 Å². The summed E-state index contributed by atoms with van der Waals surface area (Å²) in [6.07, 6.45) is 2.69. The van der Waals surface area contributed by atoms with Gasteiger partial charge in [0.05, 0.1) is 17.8 Å². The lowest BCUT2D eigenvalue weighted by atomic mass is 10.0. The van der Waals surface area contributed by atoms with Crippen molar-refractivity contribution in [3.8, 4) is 0 Å². The summed E-state index contributed by atoms with van der Waals surface area (Å²) >= 11 is 1.74. The van der Waals surface area contributed by atoms with Crippen LogP contribution in [-0.2, 0) is 12.1 Å². The number of rotatable bonds is 3. The minimum Gasteiger partial charge on any atom is -0.321 e. The Hall–Kier alpha value is -0.450. The Balaban J connectivity index is 1.97. The molecular weight excluding hydrogens is 230 g/mol. The predicted octanol–water partition coefficient (Wildman–Crippen LogP) is 2.57. The normalized spacial score (nSPS) is 22.9. The topological polar surface area (TPSA) is 42.2 Å². The number of aromatic nitrogens is 1. The number of thiazole rings is 1. The fourth-order valence-electron chi connectivity index (χ4n) is 2.30. The molecule has 1 fully saturated rings. The molecule has 0 aromatic carbocycles. The van der Waals surface area contributed by atoms with E-state index >= 15 is 0 Å². The van der Waals surface area contributed by atoms with Crippen molar-refractivity contribution in [2.45, 2.75) is 45.7 Å². The first-order chi connectivity index (χ1) is 7.95. The SMILES string of the molecule is CC1CCCN(Cc2nc(C(C)(C)N)cs2)C1. The molecule has 3 nitrogen and oxygen atoms in total. The first-order valence-electron chi connectivity index (χ1n) is 6.41. The van der Waals surface area contributed by atoms with Crippen molar-refractivity contribution in [1.29, 1.82) is 0 Å². The van der Waals surface area contributed by atoms with Gasteiger partial charge in [-0.25, -0.2) is 4.98 Å². The molecule has 0 spiro atoms. The Morgan fingerprint density at radius 1 is 1.59 bits per heavy atom. The second-order valence-corrected chi connectivity index (χ2v) is 6.77. The van der Waals surface area contributed by atoms with Crippen LogP contribution in [0.5, 0.6) is 0 Å². The highest BCUT2D eigenvalue weighted by molar-refractivity contribution is 7.09. The van der Waals surface area contributed by atoms with Gasteiger partial charge in [-0.15, -0.1) is 11.3 Å². The molecule has 17 heavy (non-hydrogen) atoms. The molecule has 96 valence electrons. The molecule has 0 radical (unpaired) electrons. The first-order valence-corrected chi connectivity index (χ1v) is 7.29. The van der Waals surface area contributed by atoms with Crippen molar-refractivity contribution in [3.05, 3.63) is 16.1 Å². The van der Waals surface area contributed by atoms with Gasteiger partial charge in [0.15, 0.2) is 0 Å². The van der Waals surface area contributed by atoms with Gasteiger partial charge in [0.2, 0.25) is 0 Å². The third kappa shape index (κ3) is 3.50. The van der Waals surface area contributed by atoms with Crippen LogP contribution in [0.15, 0.2) is 5.38 Å². The minimum absolute atomic E-state index is 0.316. The lowest BCUT2D eigenvalue weighted by Crippen LogP contribution is -2.34. The van der Waals surface area contributed by atoms with Gasteiger partial charge in [-0.3, -0.25) is 4.90 Å². The van der Waals surface area contributed by atoms with Crippen LogP contribution in [0, 0.1) is 5.92 Å². The van der Waals surface area contributed by atoms with Gasteiger partial charge >= 0.3 is 0 Å². The lowest BCUT2D eigenvalue weighted by Gasteiger charge is -2.30. The summed E-state index contributed by atoms with van der Waals surface area (Å²) in [5.74, 6) is 0.828. The van der Waals surface area contributed by atoms with Crippen molar-refractivity contribution in [3.63, 3.8) is 0 Å². The highest BCUT2D eigenvalue weighted by atomic mass is 32.1. The molecule has 1 atom stereocenters. The van der Waals surface area contributed by atoms with Crippen molar-refractivity contribution >= 4 is 11.3 Å². The van der Waals surface area contributed by atoms with E-state index in [0.29, 0.717) is 0 Å². The van der Waals surface area contributed by atoms with Gasteiger partial charge in [-0.2, -0.15) is 0 Å². The molecule has 0 saturated carbocycles. The van der Waals surface area contributed by atoms with E-state index in [2.05, 4.69) is 22.2 Å². The summed E-state index contributed by atoms with van der Waals surface area (Å²) in [6, 6.07) is 0. The highest BCUT2D eigenvalue weighted by Crippen LogP contribution is 2.23. The maximum Gasteiger partial charge on any atom is 0.107 e. The molecule has 2 heterocycles. The summed E-state index contributed by atoms with van der Waals surface area (Å²) in [5.41, 5.74) is 6.76. The van der Waals surface area contributed by atoms with E-state index in [1.807, 2.05) is 13.8 Å². The Morgan fingerprint density at radius 2 is 2.35 bits per heavy atom. The number of nitrogens with zero attached hydrogens (tertiary/aromatic N) is 2. The molecule has 0 amide bonds. The van der Waals surface area contributed by atoms with E-state index in [-0.39, 0.29) is 5.54 Å². The van der Waals surface area contributed by atoms with Crippen molar-refractivity contribution in [1.82, 2.24) is 9.88 Å². The van der Waals surface area contributed by atoms with Crippen molar-refractivity contribution in [2.24, 2.45) is 11.7 Å². The Kier molecular flexibility index (Phi) is 3.85. The van der Waals surface area contributed by atoms with Gasteiger partial charge in [0.1, 0.15) is 5.01 Å². The molecular formula is C13H23N3S. The van der Waals surface area contributed by atoms with E-state index in [4.69, 9.17) is 5.73 Å². The Bertz CT molecular complexity index is 367. The average Bonchev–Trinajstić information content (AvgIpc) is 2.65. The van der Waals surface area contributed by atoms with E-state index in [0.717, 1.165) is 18.2 Å². The second-order valence-electron chi connectivity index (χ2n) is 5.83. The van der Waals surface area contributed by atoms with Crippen LogP contribution in [0.2, 0.25) is 0 Å². The molecule has 1 aromatic rings. The highest BCUT2D eigenvalue weighted by Gasteiger charge is 2.20.